The SMILES string of the molecule is COC(=O)C1OC1C(=O)ONc1ccc([N+](=O)[O-])cc1[N+](=O)[O-]. The van der Waals surface area contributed by atoms with Crippen LogP contribution in [0.2, 0.25) is 0 Å². The van der Waals surface area contributed by atoms with Crippen LogP contribution in [-0.2, 0) is 23.9 Å². The summed E-state index contributed by atoms with van der Waals surface area (Å²) in [7, 11) is 1.12. The summed E-state index contributed by atoms with van der Waals surface area (Å²) in [4.78, 5) is 47.0. The smallest absolute Gasteiger partial charge is 0.363 e. The van der Waals surface area contributed by atoms with E-state index in [2.05, 4.69) is 9.57 Å². The average molecular weight is 327 g/mol. The van der Waals surface area contributed by atoms with E-state index in [0.29, 0.717) is 6.07 Å². The zero-order valence-electron chi connectivity index (χ0n) is 11.5. The highest BCUT2D eigenvalue weighted by molar-refractivity contribution is 5.90. The Balaban J connectivity index is 2.03. The molecule has 1 aliphatic rings. The minimum atomic E-state index is -1.17. The first-order valence-electron chi connectivity index (χ1n) is 5.98. The van der Waals surface area contributed by atoms with Crippen LogP contribution in [0.1, 0.15) is 0 Å². The van der Waals surface area contributed by atoms with Crippen LogP contribution in [0.3, 0.4) is 0 Å². The topological polar surface area (TPSA) is 163 Å². The number of nitro groups is 2. The number of hydrogen-bond acceptors (Lipinski definition) is 10. The van der Waals surface area contributed by atoms with Gasteiger partial charge in [0, 0.05) is 6.07 Å². The lowest BCUT2D eigenvalue weighted by Crippen LogP contribution is -2.21. The third-order valence-electron chi connectivity index (χ3n) is 2.81. The predicted molar refractivity (Wildman–Crippen MR) is 70.1 cm³/mol. The molecule has 2 atom stereocenters. The second-order valence-corrected chi connectivity index (χ2v) is 4.24. The van der Waals surface area contributed by atoms with Gasteiger partial charge in [-0.2, -0.15) is 0 Å². The van der Waals surface area contributed by atoms with Crippen molar-refractivity contribution < 1.29 is 33.7 Å². The number of carbonyl (C=O) groups is 2. The molecule has 0 aromatic heterocycles. The number of benzene rings is 1. The molecule has 1 aromatic rings. The Kier molecular flexibility index (Phi) is 4.36. The minimum Gasteiger partial charge on any atom is -0.467 e. The number of epoxide rings is 1. The van der Waals surface area contributed by atoms with Crippen molar-refractivity contribution in [1.29, 1.82) is 0 Å². The summed E-state index contributed by atoms with van der Waals surface area (Å²) < 4.78 is 9.09. The number of rotatable bonds is 6. The van der Waals surface area contributed by atoms with Crippen molar-refractivity contribution in [2.24, 2.45) is 0 Å². The van der Waals surface area contributed by atoms with Crippen molar-refractivity contribution in [3.05, 3.63) is 38.4 Å². The van der Waals surface area contributed by atoms with Crippen LogP contribution in [0.4, 0.5) is 17.1 Å². The maximum atomic E-state index is 11.6. The lowest BCUT2D eigenvalue weighted by molar-refractivity contribution is -0.393. The molecule has 0 spiro atoms. The number of ether oxygens (including phenoxy) is 2. The van der Waals surface area contributed by atoms with Crippen LogP contribution < -0.4 is 5.48 Å². The van der Waals surface area contributed by atoms with Gasteiger partial charge in [-0.1, -0.05) is 0 Å². The lowest BCUT2D eigenvalue weighted by Gasteiger charge is -2.06. The molecule has 1 fully saturated rings. The van der Waals surface area contributed by atoms with Crippen molar-refractivity contribution in [2.75, 3.05) is 12.6 Å². The van der Waals surface area contributed by atoms with E-state index in [9.17, 15) is 29.8 Å². The van der Waals surface area contributed by atoms with Crippen molar-refractivity contribution in [3.63, 3.8) is 0 Å². The van der Waals surface area contributed by atoms with Crippen LogP contribution in [0.25, 0.3) is 0 Å². The highest BCUT2D eigenvalue weighted by atomic mass is 16.7. The Labute approximate surface area is 127 Å². The normalized spacial score (nSPS) is 18.7. The van der Waals surface area contributed by atoms with Gasteiger partial charge >= 0.3 is 17.6 Å². The van der Waals surface area contributed by atoms with Crippen molar-refractivity contribution in [3.8, 4) is 0 Å². The molecule has 12 nitrogen and oxygen atoms in total. The molecule has 1 aromatic carbocycles. The maximum Gasteiger partial charge on any atom is 0.363 e. The van der Waals surface area contributed by atoms with Gasteiger partial charge in [-0.05, 0) is 6.07 Å². The van der Waals surface area contributed by atoms with Crippen LogP contribution in [0.5, 0.6) is 0 Å². The summed E-state index contributed by atoms with van der Waals surface area (Å²) in [5, 5.41) is 21.5. The highest BCUT2D eigenvalue weighted by Gasteiger charge is 2.53. The molecule has 1 heterocycles. The fourth-order valence-corrected chi connectivity index (χ4v) is 1.62. The van der Waals surface area contributed by atoms with Gasteiger partial charge < -0.3 is 14.3 Å². The van der Waals surface area contributed by atoms with Gasteiger partial charge in [0.25, 0.3) is 5.69 Å². The number of methoxy groups -OCH3 is 1. The molecular weight excluding hydrogens is 318 g/mol. The summed E-state index contributed by atoms with van der Waals surface area (Å²) >= 11 is 0. The molecular formula is C11H9N3O9. The molecule has 0 radical (unpaired) electrons. The number of esters is 1. The van der Waals surface area contributed by atoms with E-state index in [0.717, 1.165) is 19.2 Å². The number of hydrogen-bond donors (Lipinski definition) is 1. The minimum absolute atomic E-state index is 0.274. The van der Waals surface area contributed by atoms with Crippen molar-refractivity contribution in [2.45, 2.75) is 12.2 Å². The second-order valence-electron chi connectivity index (χ2n) is 4.24. The Morgan fingerprint density at radius 1 is 1.17 bits per heavy atom. The Morgan fingerprint density at radius 3 is 2.39 bits per heavy atom. The molecule has 0 amide bonds. The monoisotopic (exact) mass is 327 g/mol. The van der Waals surface area contributed by atoms with E-state index in [4.69, 9.17) is 4.74 Å². The Hall–Kier alpha value is -3.28. The lowest BCUT2D eigenvalue weighted by atomic mass is 10.2. The molecule has 2 rings (SSSR count). The molecule has 1 N–H and O–H groups in total. The van der Waals surface area contributed by atoms with Crippen molar-refractivity contribution in [1.82, 2.24) is 0 Å². The molecule has 0 aliphatic carbocycles. The molecule has 23 heavy (non-hydrogen) atoms. The molecule has 122 valence electrons. The second kappa shape index (κ2) is 6.23. The van der Waals surface area contributed by atoms with E-state index >= 15 is 0 Å². The molecule has 0 bridgehead atoms. The summed E-state index contributed by atoms with van der Waals surface area (Å²) in [5.74, 6) is -1.75. The van der Waals surface area contributed by atoms with Crippen LogP contribution >= 0.6 is 0 Å². The maximum absolute atomic E-state index is 11.6. The van der Waals surface area contributed by atoms with Gasteiger partial charge in [-0.25, -0.2) is 15.1 Å². The predicted octanol–water partition coefficient (Wildman–Crippen LogP) is 0.313. The van der Waals surface area contributed by atoms with Gasteiger partial charge in [0.05, 0.1) is 23.0 Å². The fraction of sp³-hybridized carbons (Fsp3) is 0.273. The van der Waals surface area contributed by atoms with Crippen LogP contribution in [-0.4, -0.2) is 41.1 Å². The first-order chi connectivity index (χ1) is 10.8. The average Bonchev–Trinajstić information content (AvgIpc) is 3.32. The molecule has 12 heteroatoms. The number of nitrogens with one attached hydrogen (secondary N) is 1. The third-order valence-corrected chi connectivity index (χ3v) is 2.81. The molecule has 1 aliphatic heterocycles. The number of anilines is 1. The van der Waals surface area contributed by atoms with Gasteiger partial charge in [0.2, 0.25) is 0 Å². The largest absolute Gasteiger partial charge is 0.467 e. The van der Waals surface area contributed by atoms with E-state index in [-0.39, 0.29) is 5.69 Å². The van der Waals surface area contributed by atoms with Gasteiger partial charge in [-0.15, -0.1) is 0 Å². The van der Waals surface area contributed by atoms with E-state index in [1.165, 1.54) is 0 Å². The van der Waals surface area contributed by atoms with E-state index in [1.807, 2.05) is 5.48 Å². The zero-order chi connectivity index (χ0) is 17.1. The Bertz CT molecular complexity index is 689. The quantitative estimate of drug-likeness (QED) is 0.333. The molecule has 1 saturated heterocycles. The van der Waals surface area contributed by atoms with Gasteiger partial charge in [-0.3, -0.25) is 20.2 Å². The van der Waals surface area contributed by atoms with Crippen LogP contribution in [0.15, 0.2) is 18.2 Å². The molecule has 0 saturated carbocycles. The van der Waals surface area contributed by atoms with Crippen LogP contribution in [0, 0.1) is 20.2 Å². The first-order valence-corrected chi connectivity index (χ1v) is 5.98. The summed E-state index contributed by atoms with van der Waals surface area (Å²) in [6.45, 7) is 0. The van der Waals surface area contributed by atoms with E-state index < -0.39 is 45.4 Å². The van der Waals surface area contributed by atoms with Crippen molar-refractivity contribution >= 4 is 29.0 Å². The number of nitrogens with zero attached hydrogens (tertiary/aromatic N) is 2. The zero-order valence-corrected chi connectivity index (χ0v) is 11.5. The first kappa shape index (κ1) is 16.1. The standard InChI is InChI=1S/C11H9N3O9/c1-21-10(15)8-9(22-8)11(16)23-12-6-3-2-5(13(17)18)4-7(6)14(19)20/h2-4,8-9,12H,1H3. The van der Waals surface area contributed by atoms with Gasteiger partial charge in [0.15, 0.2) is 12.2 Å². The summed E-state index contributed by atoms with van der Waals surface area (Å²) in [5.41, 5.74) is 0.585. The summed E-state index contributed by atoms with van der Waals surface area (Å²) in [6, 6.07) is 2.71. The number of carbonyl (C=O) groups excluding carboxylic acids is 2. The van der Waals surface area contributed by atoms with E-state index in [1.54, 1.807) is 0 Å². The highest BCUT2D eigenvalue weighted by Crippen LogP contribution is 2.30. The fourth-order valence-electron chi connectivity index (χ4n) is 1.62. The number of nitro benzene ring substituents is 2. The summed E-state index contributed by atoms with van der Waals surface area (Å²) in [6.07, 6.45) is -2.26. The van der Waals surface area contributed by atoms with Gasteiger partial charge in [0.1, 0.15) is 5.69 Å². The number of non-ortho nitro benzene ring substituents is 1. The molecule has 2 unspecified atom stereocenters. The Morgan fingerprint density at radius 2 is 1.83 bits per heavy atom. The third kappa shape index (κ3) is 3.49.